The molecule has 76 valence electrons. The van der Waals surface area contributed by atoms with E-state index in [-0.39, 0.29) is 0 Å². The van der Waals surface area contributed by atoms with Gasteiger partial charge in [-0.3, -0.25) is 0 Å². The molecule has 15 heavy (non-hydrogen) atoms. The molecule has 0 saturated carbocycles. The van der Waals surface area contributed by atoms with Gasteiger partial charge in [-0.1, -0.05) is 41.9 Å². The first kappa shape index (κ1) is 10.1. The standard InChI is InChI=1S/C13H11ClO/c14-8-3-9-15-13-7-6-11-4-1-2-5-12(11)10-13/h1-8,10H,9H2. The second-order valence-electron chi connectivity index (χ2n) is 3.18. The average molecular weight is 219 g/mol. The van der Waals surface area contributed by atoms with Gasteiger partial charge in [0.1, 0.15) is 12.4 Å². The lowest BCUT2D eigenvalue weighted by molar-refractivity contribution is 0.363. The second kappa shape index (κ2) is 4.85. The van der Waals surface area contributed by atoms with Gasteiger partial charge < -0.3 is 4.74 Å². The summed E-state index contributed by atoms with van der Waals surface area (Å²) in [6.07, 6.45) is 1.76. The lowest BCUT2D eigenvalue weighted by Crippen LogP contribution is -1.92. The first-order valence-electron chi connectivity index (χ1n) is 4.77. The van der Waals surface area contributed by atoms with E-state index in [1.807, 2.05) is 24.3 Å². The molecule has 2 heteroatoms. The summed E-state index contributed by atoms with van der Waals surface area (Å²) in [6.45, 7) is 0.502. The summed E-state index contributed by atoms with van der Waals surface area (Å²) in [4.78, 5) is 0. The normalized spacial score (nSPS) is 11.0. The average Bonchev–Trinajstić information content (AvgIpc) is 2.29. The lowest BCUT2D eigenvalue weighted by atomic mass is 10.1. The topological polar surface area (TPSA) is 9.23 Å². The molecule has 2 rings (SSSR count). The van der Waals surface area contributed by atoms with Gasteiger partial charge in [-0.2, -0.15) is 0 Å². The monoisotopic (exact) mass is 218 g/mol. The molecular weight excluding hydrogens is 208 g/mol. The first-order chi connectivity index (χ1) is 7.40. The fraction of sp³-hybridized carbons (Fsp3) is 0.0769. The van der Waals surface area contributed by atoms with Crippen molar-refractivity contribution in [1.82, 2.24) is 0 Å². The zero-order valence-electron chi connectivity index (χ0n) is 8.19. The number of fused-ring (bicyclic) bond motifs is 1. The van der Waals surface area contributed by atoms with Gasteiger partial charge in [-0.05, 0) is 29.0 Å². The summed E-state index contributed by atoms with van der Waals surface area (Å²) in [5.41, 5.74) is 1.46. The summed E-state index contributed by atoms with van der Waals surface area (Å²) < 4.78 is 5.48. The van der Waals surface area contributed by atoms with Crippen LogP contribution in [0.2, 0.25) is 0 Å². The number of hydrogen-bond donors (Lipinski definition) is 0. The molecule has 0 fully saturated rings. The third-order valence-corrected chi connectivity index (χ3v) is 2.33. The van der Waals surface area contributed by atoms with E-state index in [1.54, 1.807) is 6.08 Å². The summed E-state index contributed by atoms with van der Waals surface area (Å²) in [7, 11) is 0. The van der Waals surface area contributed by atoms with Gasteiger partial charge in [0, 0.05) is 5.54 Å². The molecule has 0 atom stereocenters. The van der Waals surface area contributed by atoms with Crippen LogP contribution in [0.5, 0.6) is 5.75 Å². The van der Waals surface area contributed by atoms with Crippen LogP contribution in [-0.4, -0.2) is 6.61 Å². The summed E-state index contributed by atoms with van der Waals surface area (Å²) in [6, 6.07) is 14.2. The minimum Gasteiger partial charge on any atom is -0.489 e. The van der Waals surface area contributed by atoms with E-state index in [0.717, 1.165) is 5.75 Å². The Labute approximate surface area is 93.9 Å². The van der Waals surface area contributed by atoms with Gasteiger partial charge in [-0.15, -0.1) is 0 Å². The smallest absolute Gasteiger partial charge is 0.120 e. The van der Waals surface area contributed by atoms with Gasteiger partial charge in [0.15, 0.2) is 0 Å². The zero-order chi connectivity index (χ0) is 10.5. The SMILES string of the molecule is ClC=CCOc1ccc2ccccc2c1. The molecule has 0 spiro atoms. The highest BCUT2D eigenvalue weighted by Crippen LogP contribution is 2.20. The molecule has 1 nitrogen and oxygen atoms in total. The van der Waals surface area contributed by atoms with Crippen LogP contribution in [-0.2, 0) is 0 Å². The van der Waals surface area contributed by atoms with Crippen molar-refractivity contribution in [3.8, 4) is 5.75 Å². The van der Waals surface area contributed by atoms with Crippen LogP contribution >= 0.6 is 11.6 Å². The number of ether oxygens (including phenoxy) is 1. The van der Waals surface area contributed by atoms with Gasteiger partial charge in [0.25, 0.3) is 0 Å². The Balaban J connectivity index is 2.23. The molecule has 2 aromatic carbocycles. The van der Waals surface area contributed by atoms with Crippen LogP contribution in [0.4, 0.5) is 0 Å². The fourth-order valence-electron chi connectivity index (χ4n) is 1.44. The Hall–Kier alpha value is -1.47. The highest BCUT2D eigenvalue weighted by atomic mass is 35.5. The Morgan fingerprint density at radius 2 is 1.87 bits per heavy atom. The van der Waals surface area contributed by atoms with E-state index in [2.05, 4.69) is 18.2 Å². The van der Waals surface area contributed by atoms with E-state index in [9.17, 15) is 0 Å². The van der Waals surface area contributed by atoms with E-state index < -0.39 is 0 Å². The Morgan fingerprint density at radius 3 is 2.67 bits per heavy atom. The molecule has 0 amide bonds. The van der Waals surface area contributed by atoms with Crippen LogP contribution in [0.15, 0.2) is 54.1 Å². The maximum Gasteiger partial charge on any atom is 0.120 e. The number of hydrogen-bond acceptors (Lipinski definition) is 1. The summed E-state index contributed by atoms with van der Waals surface area (Å²) >= 11 is 5.40. The Morgan fingerprint density at radius 1 is 1.07 bits per heavy atom. The van der Waals surface area contributed by atoms with Crippen LogP contribution < -0.4 is 4.74 Å². The van der Waals surface area contributed by atoms with E-state index in [1.165, 1.54) is 16.3 Å². The van der Waals surface area contributed by atoms with E-state index >= 15 is 0 Å². The quantitative estimate of drug-likeness (QED) is 0.758. The maximum absolute atomic E-state index is 5.48. The first-order valence-corrected chi connectivity index (χ1v) is 5.20. The Bertz CT molecular complexity index is 477. The minimum absolute atomic E-state index is 0.502. The van der Waals surface area contributed by atoms with Gasteiger partial charge in [0.05, 0.1) is 0 Å². The van der Waals surface area contributed by atoms with E-state index in [4.69, 9.17) is 16.3 Å². The molecule has 0 heterocycles. The lowest BCUT2D eigenvalue weighted by Gasteiger charge is -2.04. The molecule has 0 bridgehead atoms. The van der Waals surface area contributed by atoms with Crippen molar-refractivity contribution in [1.29, 1.82) is 0 Å². The zero-order valence-corrected chi connectivity index (χ0v) is 8.95. The fourth-order valence-corrected chi connectivity index (χ4v) is 1.51. The molecule has 0 aliphatic carbocycles. The van der Waals surface area contributed by atoms with Crippen LogP contribution in [0.3, 0.4) is 0 Å². The van der Waals surface area contributed by atoms with E-state index in [0.29, 0.717) is 6.61 Å². The molecule has 0 saturated heterocycles. The van der Waals surface area contributed by atoms with Crippen molar-refractivity contribution >= 4 is 22.4 Å². The highest BCUT2D eigenvalue weighted by molar-refractivity contribution is 6.25. The molecule has 0 aliphatic rings. The Kier molecular flexibility index (Phi) is 3.25. The highest BCUT2D eigenvalue weighted by Gasteiger charge is 1.95. The van der Waals surface area contributed by atoms with Crippen molar-refractivity contribution in [2.75, 3.05) is 6.61 Å². The number of benzene rings is 2. The number of rotatable bonds is 3. The maximum atomic E-state index is 5.48. The van der Waals surface area contributed by atoms with Crippen molar-refractivity contribution in [2.45, 2.75) is 0 Å². The molecule has 0 aliphatic heterocycles. The number of halogens is 1. The van der Waals surface area contributed by atoms with Crippen LogP contribution in [0, 0.1) is 0 Å². The third-order valence-electron chi connectivity index (χ3n) is 2.16. The predicted molar refractivity (Wildman–Crippen MR) is 64.4 cm³/mol. The van der Waals surface area contributed by atoms with Crippen molar-refractivity contribution in [3.63, 3.8) is 0 Å². The molecule has 0 unspecified atom stereocenters. The van der Waals surface area contributed by atoms with Gasteiger partial charge >= 0.3 is 0 Å². The van der Waals surface area contributed by atoms with Crippen LogP contribution in [0.25, 0.3) is 10.8 Å². The second-order valence-corrected chi connectivity index (χ2v) is 3.43. The minimum atomic E-state index is 0.502. The van der Waals surface area contributed by atoms with Gasteiger partial charge in [0.2, 0.25) is 0 Å². The predicted octanol–water partition coefficient (Wildman–Crippen LogP) is 3.97. The summed E-state index contributed by atoms with van der Waals surface area (Å²) in [5, 5.41) is 2.41. The molecule has 0 radical (unpaired) electrons. The van der Waals surface area contributed by atoms with Crippen LogP contribution in [0.1, 0.15) is 0 Å². The van der Waals surface area contributed by atoms with Crippen molar-refractivity contribution in [2.24, 2.45) is 0 Å². The molecular formula is C13H11ClO. The molecule has 0 aromatic heterocycles. The third kappa shape index (κ3) is 2.51. The summed E-state index contributed by atoms with van der Waals surface area (Å²) in [5.74, 6) is 0.864. The van der Waals surface area contributed by atoms with Crippen molar-refractivity contribution in [3.05, 3.63) is 54.1 Å². The van der Waals surface area contributed by atoms with Crippen molar-refractivity contribution < 1.29 is 4.74 Å². The van der Waals surface area contributed by atoms with Gasteiger partial charge in [-0.25, -0.2) is 0 Å². The molecule has 2 aromatic rings. The largest absolute Gasteiger partial charge is 0.489 e. The molecule has 0 N–H and O–H groups in total.